The summed E-state index contributed by atoms with van der Waals surface area (Å²) >= 11 is 0. The summed E-state index contributed by atoms with van der Waals surface area (Å²) in [4.78, 5) is 17.1. The number of benzene rings is 2. The molecule has 1 saturated carbocycles. The standard InChI is InChI=1S/C29H30F4N4O3S/c30-20-3-1-18(2-4-20)26(19-11-21(31)13-22(32)12-19)14-29(38)36-28-17-35-16-27(33)25(28)8-5-23-15-34-9-10-37(23)41(39,40)24-6-7-24/h1-4,11-13,16-17,23-24,26,34H,5-10,14-15H2,(H,36,38)/t23-,26-/m0/s1. The summed E-state index contributed by atoms with van der Waals surface area (Å²) in [6.07, 6.45) is 3.82. The Kier molecular flexibility index (Phi) is 8.71. The number of nitrogens with one attached hydrogen (secondary N) is 2. The van der Waals surface area contributed by atoms with Crippen LogP contribution in [0.2, 0.25) is 0 Å². The highest BCUT2D eigenvalue weighted by Crippen LogP contribution is 2.34. The molecular formula is C29H30F4N4O3S. The fourth-order valence-corrected chi connectivity index (χ4v) is 7.36. The van der Waals surface area contributed by atoms with Crippen molar-refractivity contribution in [2.45, 2.75) is 49.3 Å². The zero-order valence-electron chi connectivity index (χ0n) is 22.1. The lowest BCUT2D eigenvalue weighted by Crippen LogP contribution is -2.54. The Bertz CT molecular complexity index is 1500. The second-order valence-electron chi connectivity index (χ2n) is 10.5. The van der Waals surface area contributed by atoms with Crippen molar-refractivity contribution in [3.05, 3.63) is 94.8 Å². The summed E-state index contributed by atoms with van der Waals surface area (Å²) in [6, 6.07) is 7.83. The molecule has 5 rings (SSSR count). The van der Waals surface area contributed by atoms with E-state index in [4.69, 9.17) is 0 Å². The fourth-order valence-electron chi connectivity index (χ4n) is 5.30. The first kappa shape index (κ1) is 29.2. The summed E-state index contributed by atoms with van der Waals surface area (Å²) in [5, 5.41) is 5.52. The maximum Gasteiger partial charge on any atom is 0.225 e. The van der Waals surface area contributed by atoms with Crippen LogP contribution in [-0.4, -0.2) is 54.5 Å². The van der Waals surface area contributed by atoms with E-state index in [0.29, 0.717) is 44.5 Å². The van der Waals surface area contributed by atoms with Gasteiger partial charge in [0.2, 0.25) is 15.9 Å². The SMILES string of the molecule is O=C(C[C@@H](c1ccc(F)cc1)c1cc(F)cc(F)c1)Nc1cncc(F)c1CC[C@H]1CNCCN1S(=O)(=O)C1CC1. The minimum Gasteiger partial charge on any atom is -0.324 e. The number of aromatic nitrogens is 1. The maximum absolute atomic E-state index is 15.0. The Morgan fingerprint density at radius 3 is 2.39 bits per heavy atom. The van der Waals surface area contributed by atoms with Crippen LogP contribution in [-0.2, 0) is 21.2 Å². The molecule has 2 heterocycles. The largest absolute Gasteiger partial charge is 0.324 e. The van der Waals surface area contributed by atoms with E-state index in [1.54, 1.807) is 0 Å². The van der Waals surface area contributed by atoms with E-state index in [9.17, 15) is 30.8 Å². The smallest absolute Gasteiger partial charge is 0.225 e. The highest BCUT2D eigenvalue weighted by atomic mass is 32.2. The predicted molar refractivity (Wildman–Crippen MR) is 146 cm³/mol. The van der Waals surface area contributed by atoms with Crippen LogP contribution in [0.3, 0.4) is 0 Å². The molecule has 2 aromatic carbocycles. The molecule has 0 spiro atoms. The van der Waals surface area contributed by atoms with E-state index in [-0.39, 0.29) is 40.9 Å². The molecule has 2 aliphatic rings. The molecule has 2 N–H and O–H groups in total. The van der Waals surface area contributed by atoms with Crippen LogP contribution in [0.4, 0.5) is 23.2 Å². The van der Waals surface area contributed by atoms with Crippen molar-refractivity contribution >= 4 is 21.6 Å². The third kappa shape index (κ3) is 6.94. The van der Waals surface area contributed by atoms with Crippen molar-refractivity contribution in [1.29, 1.82) is 0 Å². The molecule has 1 amide bonds. The summed E-state index contributed by atoms with van der Waals surface area (Å²) in [7, 11) is -3.42. The third-order valence-electron chi connectivity index (χ3n) is 7.52. The number of carbonyl (C=O) groups is 1. The monoisotopic (exact) mass is 590 g/mol. The molecule has 12 heteroatoms. The number of piperazine rings is 1. The van der Waals surface area contributed by atoms with E-state index in [1.165, 1.54) is 34.8 Å². The fraction of sp³-hybridized carbons (Fsp3) is 0.379. The maximum atomic E-state index is 15.0. The zero-order valence-corrected chi connectivity index (χ0v) is 22.9. The van der Waals surface area contributed by atoms with Gasteiger partial charge in [0.25, 0.3) is 0 Å². The van der Waals surface area contributed by atoms with Gasteiger partial charge in [-0.15, -0.1) is 0 Å². The van der Waals surface area contributed by atoms with E-state index in [1.807, 2.05) is 0 Å². The van der Waals surface area contributed by atoms with Crippen molar-refractivity contribution in [2.24, 2.45) is 0 Å². The molecule has 218 valence electrons. The van der Waals surface area contributed by atoms with E-state index >= 15 is 0 Å². The first-order chi connectivity index (χ1) is 19.6. The van der Waals surface area contributed by atoms with Crippen molar-refractivity contribution in [1.82, 2.24) is 14.6 Å². The van der Waals surface area contributed by atoms with Crippen LogP contribution >= 0.6 is 0 Å². The number of carbonyl (C=O) groups excluding carboxylic acids is 1. The minimum atomic E-state index is -3.42. The number of sulfonamides is 1. The molecule has 2 atom stereocenters. The first-order valence-corrected chi connectivity index (χ1v) is 15.0. The van der Waals surface area contributed by atoms with Crippen LogP contribution < -0.4 is 10.6 Å². The normalized spacial score (nSPS) is 18.7. The molecule has 7 nitrogen and oxygen atoms in total. The molecule has 1 aliphatic carbocycles. The first-order valence-electron chi connectivity index (χ1n) is 13.5. The van der Waals surface area contributed by atoms with Gasteiger partial charge < -0.3 is 10.6 Å². The summed E-state index contributed by atoms with van der Waals surface area (Å²) in [6.45, 7) is 1.32. The number of hydrogen-bond acceptors (Lipinski definition) is 5. The van der Waals surface area contributed by atoms with Crippen molar-refractivity contribution in [3.8, 4) is 0 Å². The Morgan fingerprint density at radius 1 is 1.00 bits per heavy atom. The Balaban J connectivity index is 1.34. The van der Waals surface area contributed by atoms with E-state index < -0.39 is 45.1 Å². The molecular weight excluding hydrogens is 560 g/mol. The van der Waals surface area contributed by atoms with Crippen LogP contribution in [0.15, 0.2) is 54.9 Å². The average Bonchev–Trinajstić information content (AvgIpc) is 3.78. The van der Waals surface area contributed by atoms with Crippen molar-refractivity contribution in [2.75, 3.05) is 25.0 Å². The minimum absolute atomic E-state index is 0.124. The summed E-state index contributed by atoms with van der Waals surface area (Å²) in [5.41, 5.74) is 0.950. The third-order valence-corrected chi connectivity index (χ3v) is 9.97. The van der Waals surface area contributed by atoms with Gasteiger partial charge in [-0.2, -0.15) is 4.31 Å². The molecule has 41 heavy (non-hydrogen) atoms. The summed E-state index contributed by atoms with van der Waals surface area (Å²) in [5.74, 6) is -4.19. The predicted octanol–water partition coefficient (Wildman–Crippen LogP) is 4.50. The number of hydrogen-bond donors (Lipinski definition) is 2. The van der Waals surface area contributed by atoms with Gasteiger partial charge in [-0.1, -0.05) is 12.1 Å². The Hall–Kier alpha value is -3.35. The molecule has 0 unspecified atom stereocenters. The highest BCUT2D eigenvalue weighted by Gasteiger charge is 2.43. The van der Waals surface area contributed by atoms with Gasteiger partial charge in [0, 0.05) is 49.6 Å². The molecule has 3 aromatic rings. The van der Waals surface area contributed by atoms with Gasteiger partial charge in [-0.05, 0) is 61.1 Å². The van der Waals surface area contributed by atoms with Gasteiger partial charge in [0.05, 0.1) is 23.3 Å². The van der Waals surface area contributed by atoms with Crippen molar-refractivity contribution in [3.63, 3.8) is 0 Å². The molecule has 0 radical (unpaired) electrons. The summed E-state index contributed by atoms with van der Waals surface area (Å²) < 4.78 is 84.0. The van der Waals surface area contributed by atoms with Crippen LogP contribution in [0.1, 0.15) is 48.3 Å². The van der Waals surface area contributed by atoms with Crippen LogP contribution in [0, 0.1) is 23.3 Å². The number of amides is 1. The lowest BCUT2D eigenvalue weighted by Gasteiger charge is -2.35. The highest BCUT2D eigenvalue weighted by molar-refractivity contribution is 7.90. The van der Waals surface area contributed by atoms with Gasteiger partial charge >= 0.3 is 0 Å². The van der Waals surface area contributed by atoms with E-state index in [2.05, 4.69) is 15.6 Å². The average molecular weight is 591 g/mol. The Labute approximate surface area is 236 Å². The van der Waals surface area contributed by atoms with Gasteiger partial charge in [0.1, 0.15) is 23.3 Å². The number of anilines is 1. The Morgan fingerprint density at radius 2 is 1.71 bits per heavy atom. The van der Waals surface area contributed by atoms with Gasteiger partial charge in [0.15, 0.2) is 0 Å². The molecule has 1 aliphatic heterocycles. The molecule has 1 saturated heterocycles. The number of nitrogens with zero attached hydrogens (tertiary/aromatic N) is 2. The number of rotatable bonds is 10. The molecule has 2 fully saturated rings. The van der Waals surface area contributed by atoms with Gasteiger partial charge in [-0.25, -0.2) is 26.0 Å². The number of pyridine rings is 1. The van der Waals surface area contributed by atoms with Crippen LogP contribution in [0.5, 0.6) is 0 Å². The lowest BCUT2D eigenvalue weighted by molar-refractivity contribution is -0.116. The van der Waals surface area contributed by atoms with Crippen LogP contribution in [0.25, 0.3) is 0 Å². The topological polar surface area (TPSA) is 91.4 Å². The second kappa shape index (κ2) is 12.3. The van der Waals surface area contributed by atoms with E-state index in [0.717, 1.165) is 24.4 Å². The lowest BCUT2D eigenvalue weighted by atomic mass is 9.88. The molecule has 1 aromatic heterocycles. The van der Waals surface area contributed by atoms with Crippen molar-refractivity contribution < 1.29 is 30.8 Å². The quantitative estimate of drug-likeness (QED) is 0.340. The second-order valence-corrected chi connectivity index (χ2v) is 12.6. The zero-order chi connectivity index (χ0) is 29.1. The molecule has 0 bridgehead atoms. The van der Waals surface area contributed by atoms with Gasteiger partial charge in [-0.3, -0.25) is 9.78 Å². The number of halogens is 4.